The monoisotopic (exact) mass is 331 g/mol. The number of nitrogens with zero attached hydrogens (tertiary/aromatic N) is 2. The predicted octanol–water partition coefficient (Wildman–Crippen LogP) is 5.03. The van der Waals surface area contributed by atoms with Gasteiger partial charge in [0.1, 0.15) is 5.82 Å². The second kappa shape index (κ2) is 7.45. The van der Waals surface area contributed by atoms with Gasteiger partial charge in [0.2, 0.25) is 0 Å². The SMILES string of the molecule is C1CC1.N#Cc1ccccc1-c1ccc2cc(NC(=O)O)ncc2c1. The smallest absolute Gasteiger partial charge is 0.410 e. The van der Waals surface area contributed by atoms with Crippen LogP contribution in [-0.4, -0.2) is 16.2 Å². The van der Waals surface area contributed by atoms with E-state index in [9.17, 15) is 10.1 Å². The lowest BCUT2D eigenvalue weighted by Crippen LogP contribution is -2.08. The van der Waals surface area contributed by atoms with Crippen LogP contribution >= 0.6 is 0 Å². The normalized spacial score (nSPS) is 11.8. The minimum absolute atomic E-state index is 0.283. The number of carbonyl (C=O) groups is 1. The summed E-state index contributed by atoms with van der Waals surface area (Å²) in [6, 6.07) is 17.0. The molecule has 0 unspecified atom stereocenters. The molecule has 1 fully saturated rings. The van der Waals surface area contributed by atoms with E-state index in [0.29, 0.717) is 5.56 Å². The van der Waals surface area contributed by atoms with Crippen LogP contribution in [0.3, 0.4) is 0 Å². The second-order valence-electron chi connectivity index (χ2n) is 5.78. The van der Waals surface area contributed by atoms with Crippen molar-refractivity contribution in [2.45, 2.75) is 19.3 Å². The molecule has 1 aromatic heterocycles. The second-order valence-corrected chi connectivity index (χ2v) is 5.78. The van der Waals surface area contributed by atoms with Crippen molar-refractivity contribution in [3.8, 4) is 17.2 Å². The van der Waals surface area contributed by atoms with Crippen molar-refractivity contribution in [2.24, 2.45) is 0 Å². The summed E-state index contributed by atoms with van der Waals surface area (Å²) in [5.41, 5.74) is 2.39. The molecule has 5 heteroatoms. The van der Waals surface area contributed by atoms with Crippen molar-refractivity contribution < 1.29 is 9.90 Å². The maximum atomic E-state index is 10.6. The molecular formula is C20H17N3O2. The van der Waals surface area contributed by atoms with Gasteiger partial charge in [0.05, 0.1) is 11.6 Å². The quantitative estimate of drug-likeness (QED) is 0.689. The lowest BCUT2D eigenvalue weighted by atomic mass is 9.98. The highest BCUT2D eigenvalue weighted by atomic mass is 16.4. The van der Waals surface area contributed by atoms with E-state index in [-0.39, 0.29) is 5.82 Å². The molecule has 1 heterocycles. The number of aromatic nitrogens is 1. The average Bonchev–Trinajstić information content (AvgIpc) is 3.50. The van der Waals surface area contributed by atoms with Crippen molar-refractivity contribution in [3.05, 3.63) is 60.3 Å². The minimum Gasteiger partial charge on any atom is -0.465 e. The fraction of sp³-hybridized carbons (Fsp3) is 0.150. The number of nitrogens with one attached hydrogen (secondary N) is 1. The third kappa shape index (κ3) is 4.33. The number of amides is 1. The van der Waals surface area contributed by atoms with Gasteiger partial charge in [-0.15, -0.1) is 0 Å². The molecule has 1 aliphatic carbocycles. The van der Waals surface area contributed by atoms with Gasteiger partial charge in [-0.25, -0.2) is 9.78 Å². The van der Waals surface area contributed by atoms with E-state index in [0.717, 1.165) is 21.9 Å². The molecule has 1 amide bonds. The molecule has 0 radical (unpaired) electrons. The summed E-state index contributed by atoms with van der Waals surface area (Å²) < 4.78 is 0. The largest absolute Gasteiger partial charge is 0.465 e. The van der Waals surface area contributed by atoms with Gasteiger partial charge in [-0.2, -0.15) is 5.26 Å². The zero-order chi connectivity index (χ0) is 17.6. The van der Waals surface area contributed by atoms with Gasteiger partial charge in [0, 0.05) is 11.6 Å². The van der Waals surface area contributed by atoms with Crippen molar-refractivity contribution >= 4 is 22.7 Å². The van der Waals surface area contributed by atoms with Crippen molar-refractivity contribution in [1.82, 2.24) is 4.98 Å². The Hall–Kier alpha value is -3.39. The minimum atomic E-state index is -1.15. The third-order valence-electron chi connectivity index (χ3n) is 3.67. The van der Waals surface area contributed by atoms with E-state index in [1.165, 1.54) is 19.3 Å². The molecule has 25 heavy (non-hydrogen) atoms. The van der Waals surface area contributed by atoms with E-state index in [2.05, 4.69) is 16.4 Å². The molecule has 1 saturated carbocycles. The first-order chi connectivity index (χ1) is 12.2. The van der Waals surface area contributed by atoms with Gasteiger partial charge in [-0.1, -0.05) is 49.6 Å². The Balaban J connectivity index is 0.000000549. The molecule has 2 aromatic carbocycles. The summed E-state index contributed by atoms with van der Waals surface area (Å²) in [6.45, 7) is 0. The highest BCUT2D eigenvalue weighted by Crippen LogP contribution is 2.27. The number of rotatable bonds is 2. The van der Waals surface area contributed by atoms with Crippen LogP contribution in [0.2, 0.25) is 0 Å². The number of benzene rings is 2. The van der Waals surface area contributed by atoms with Gasteiger partial charge < -0.3 is 5.11 Å². The van der Waals surface area contributed by atoms with E-state index in [1.807, 2.05) is 36.4 Å². The van der Waals surface area contributed by atoms with E-state index in [1.54, 1.807) is 18.3 Å². The molecule has 0 bridgehead atoms. The van der Waals surface area contributed by atoms with Gasteiger partial charge >= 0.3 is 6.09 Å². The average molecular weight is 331 g/mol. The Morgan fingerprint density at radius 3 is 2.52 bits per heavy atom. The Kier molecular flexibility index (Phi) is 4.91. The fourth-order valence-electron chi connectivity index (χ4n) is 2.32. The Morgan fingerprint density at radius 1 is 1.08 bits per heavy atom. The van der Waals surface area contributed by atoms with Gasteiger partial charge in [-0.05, 0) is 34.7 Å². The zero-order valence-electron chi connectivity index (χ0n) is 13.6. The summed E-state index contributed by atoms with van der Waals surface area (Å²) in [5.74, 6) is 0.283. The zero-order valence-corrected chi connectivity index (χ0v) is 13.6. The Labute approximate surface area is 145 Å². The summed E-state index contributed by atoms with van der Waals surface area (Å²) in [4.78, 5) is 14.7. The van der Waals surface area contributed by atoms with Crippen molar-refractivity contribution in [1.29, 1.82) is 5.26 Å². The molecule has 2 N–H and O–H groups in total. The van der Waals surface area contributed by atoms with Gasteiger partial charge in [0.15, 0.2) is 0 Å². The van der Waals surface area contributed by atoms with E-state index in [4.69, 9.17) is 5.11 Å². The van der Waals surface area contributed by atoms with Gasteiger partial charge in [-0.3, -0.25) is 5.32 Å². The number of fused-ring (bicyclic) bond motifs is 1. The first-order valence-corrected chi connectivity index (χ1v) is 8.06. The molecule has 4 rings (SSSR count). The molecule has 124 valence electrons. The van der Waals surface area contributed by atoms with Crippen LogP contribution < -0.4 is 5.32 Å². The molecule has 1 aliphatic rings. The summed E-state index contributed by atoms with van der Waals surface area (Å²) >= 11 is 0. The van der Waals surface area contributed by atoms with Crippen LogP contribution in [0.25, 0.3) is 21.9 Å². The molecule has 3 aromatic rings. The van der Waals surface area contributed by atoms with Crippen LogP contribution in [0.5, 0.6) is 0 Å². The Morgan fingerprint density at radius 2 is 1.84 bits per heavy atom. The van der Waals surface area contributed by atoms with Crippen LogP contribution in [0.15, 0.2) is 54.7 Å². The van der Waals surface area contributed by atoms with Crippen molar-refractivity contribution in [3.63, 3.8) is 0 Å². The summed E-state index contributed by atoms with van der Waals surface area (Å²) in [6.07, 6.45) is 4.96. The summed E-state index contributed by atoms with van der Waals surface area (Å²) in [5, 5.41) is 21.9. The molecular weight excluding hydrogens is 314 g/mol. The van der Waals surface area contributed by atoms with Crippen LogP contribution in [-0.2, 0) is 0 Å². The first kappa shape index (κ1) is 16.5. The predicted molar refractivity (Wildman–Crippen MR) is 97.4 cm³/mol. The first-order valence-electron chi connectivity index (χ1n) is 8.06. The van der Waals surface area contributed by atoms with E-state index < -0.39 is 6.09 Å². The molecule has 5 nitrogen and oxygen atoms in total. The molecule has 0 aliphatic heterocycles. The molecule has 0 spiro atoms. The third-order valence-corrected chi connectivity index (χ3v) is 3.67. The number of nitriles is 1. The van der Waals surface area contributed by atoms with Crippen molar-refractivity contribution in [2.75, 3.05) is 5.32 Å². The topological polar surface area (TPSA) is 86.0 Å². The number of hydrogen-bond acceptors (Lipinski definition) is 3. The summed E-state index contributed by atoms with van der Waals surface area (Å²) in [7, 11) is 0. The van der Waals surface area contributed by atoms with Gasteiger partial charge in [0.25, 0.3) is 0 Å². The maximum Gasteiger partial charge on any atom is 0.410 e. The lowest BCUT2D eigenvalue weighted by molar-refractivity contribution is 0.209. The number of anilines is 1. The van der Waals surface area contributed by atoms with Crippen LogP contribution in [0.1, 0.15) is 24.8 Å². The standard InChI is InChI=1S/C17H11N3O2.C3H6/c18-9-13-3-1-2-4-15(13)12-6-5-11-8-16(20-17(21)22)19-10-14(11)7-12;1-2-3-1/h1-8,10H,(H,19,20)(H,21,22);1-3H2. The molecule has 0 saturated heterocycles. The maximum absolute atomic E-state index is 10.6. The highest BCUT2D eigenvalue weighted by molar-refractivity contribution is 5.91. The number of hydrogen-bond donors (Lipinski definition) is 2. The van der Waals surface area contributed by atoms with Crippen LogP contribution in [0, 0.1) is 11.3 Å². The van der Waals surface area contributed by atoms with Crippen LogP contribution in [0.4, 0.5) is 10.6 Å². The fourth-order valence-corrected chi connectivity index (χ4v) is 2.32. The van der Waals surface area contributed by atoms with E-state index >= 15 is 0 Å². The molecule has 0 atom stereocenters. The number of pyridine rings is 1. The Bertz CT molecular complexity index is 956. The number of carboxylic acid groups (broad SMARTS) is 1. The highest BCUT2D eigenvalue weighted by Gasteiger charge is 2.06. The lowest BCUT2D eigenvalue weighted by Gasteiger charge is -2.07.